The first-order valence-electron chi connectivity index (χ1n) is 11.1. The summed E-state index contributed by atoms with van der Waals surface area (Å²) in [6, 6.07) is 20.7. The number of hydrogen-bond acceptors (Lipinski definition) is 3. The summed E-state index contributed by atoms with van der Waals surface area (Å²) in [7, 11) is 0. The third-order valence-electron chi connectivity index (χ3n) is 5.42. The maximum Gasteiger partial charge on any atom is 0.258 e. The van der Waals surface area contributed by atoms with E-state index in [-0.39, 0.29) is 18.1 Å². The van der Waals surface area contributed by atoms with Crippen molar-refractivity contribution in [1.82, 2.24) is 15.6 Å². The standard InChI is InChI=1S/C27H31N3O2/c1-27(2,3)30-26(31)18-32-25-13-12-19-8-4-5-9-21(19)23(25)17-28-15-14-20-16-29-24-11-7-6-10-22(20)24/h4-13,16,28-29H,14-15,17-18H2,1-3H3,(H,30,31). The summed E-state index contributed by atoms with van der Waals surface area (Å²) in [5.41, 5.74) is 3.27. The molecule has 4 rings (SSSR count). The molecular formula is C27H31N3O2. The number of fused-ring (bicyclic) bond motifs is 2. The average molecular weight is 430 g/mol. The number of nitrogens with one attached hydrogen (secondary N) is 3. The normalized spacial score (nSPS) is 11.7. The SMILES string of the molecule is CC(C)(C)NC(=O)COc1ccc2ccccc2c1CNCCc1c[nH]c2ccccc12. The van der Waals surface area contributed by atoms with Crippen LogP contribution in [0.5, 0.6) is 5.75 Å². The minimum atomic E-state index is -0.281. The lowest BCUT2D eigenvalue weighted by Crippen LogP contribution is -2.43. The molecule has 0 aliphatic heterocycles. The van der Waals surface area contributed by atoms with E-state index in [0.29, 0.717) is 6.54 Å². The maximum absolute atomic E-state index is 12.3. The predicted octanol–water partition coefficient (Wildman–Crippen LogP) is 4.95. The molecule has 1 heterocycles. The molecule has 166 valence electrons. The number of hydrogen-bond donors (Lipinski definition) is 3. The van der Waals surface area contributed by atoms with Gasteiger partial charge >= 0.3 is 0 Å². The van der Waals surface area contributed by atoms with Gasteiger partial charge in [-0.25, -0.2) is 0 Å². The molecule has 0 aliphatic carbocycles. The molecule has 4 aromatic rings. The lowest BCUT2D eigenvalue weighted by molar-refractivity contribution is -0.124. The number of carbonyl (C=O) groups is 1. The molecule has 0 saturated heterocycles. The highest BCUT2D eigenvalue weighted by Gasteiger charge is 2.15. The van der Waals surface area contributed by atoms with Gasteiger partial charge in [-0.2, -0.15) is 0 Å². The second-order valence-electron chi connectivity index (χ2n) is 9.14. The summed E-state index contributed by atoms with van der Waals surface area (Å²) in [4.78, 5) is 15.6. The van der Waals surface area contributed by atoms with Gasteiger partial charge in [0.1, 0.15) is 5.75 Å². The van der Waals surface area contributed by atoms with Crippen LogP contribution in [0.2, 0.25) is 0 Å². The molecular weight excluding hydrogens is 398 g/mol. The fourth-order valence-corrected chi connectivity index (χ4v) is 4.01. The molecule has 0 atom stereocenters. The van der Waals surface area contributed by atoms with Gasteiger partial charge in [0.15, 0.2) is 6.61 Å². The van der Waals surface area contributed by atoms with Gasteiger partial charge in [0.2, 0.25) is 0 Å². The summed E-state index contributed by atoms with van der Waals surface area (Å²) >= 11 is 0. The van der Waals surface area contributed by atoms with Crippen molar-refractivity contribution in [2.45, 2.75) is 39.3 Å². The summed E-state index contributed by atoms with van der Waals surface area (Å²) in [6.45, 7) is 7.39. The molecule has 5 heteroatoms. The van der Waals surface area contributed by atoms with Crippen molar-refractivity contribution in [3.05, 3.63) is 78.0 Å². The molecule has 3 N–H and O–H groups in total. The third-order valence-corrected chi connectivity index (χ3v) is 5.42. The van der Waals surface area contributed by atoms with Crippen molar-refractivity contribution >= 4 is 27.6 Å². The molecule has 3 aromatic carbocycles. The first-order chi connectivity index (χ1) is 15.4. The van der Waals surface area contributed by atoms with Crippen molar-refractivity contribution in [2.24, 2.45) is 0 Å². The second kappa shape index (κ2) is 9.45. The second-order valence-corrected chi connectivity index (χ2v) is 9.14. The van der Waals surface area contributed by atoms with Crippen LogP contribution in [0.25, 0.3) is 21.7 Å². The van der Waals surface area contributed by atoms with Gasteiger partial charge in [0.25, 0.3) is 5.91 Å². The zero-order valence-electron chi connectivity index (χ0n) is 19.0. The lowest BCUT2D eigenvalue weighted by atomic mass is 10.0. The van der Waals surface area contributed by atoms with Crippen LogP contribution in [-0.2, 0) is 17.8 Å². The number of aromatic nitrogens is 1. The van der Waals surface area contributed by atoms with E-state index >= 15 is 0 Å². The quantitative estimate of drug-likeness (QED) is 0.347. The van der Waals surface area contributed by atoms with E-state index in [1.165, 1.54) is 16.5 Å². The van der Waals surface area contributed by atoms with E-state index in [0.717, 1.165) is 35.1 Å². The highest BCUT2D eigenvalue weighted by molar-refractivity contribution is 5.88. The van der Waals surface area contributed by atoms with E-state index in [1.54, 1.807) is 0 Å². The van der Waals surface area contributed by atoms with Gasteiger partial charge < -0.3 is 20.4 Å². The van der Waals surface area contributed by atoms with Crippen LogP contribution in [0.1, 0.15) is 31.9 Å². The van der Waals surface area contributed by atoms with Gasteiger partial charge in [0, 0.05) is 34.7 Å². The van der Waals surface area contributed by atoms with Gasteiger partial charge in [-0.1, -0.05) is 48.5 Å². The Hall–Kier alpha value is -3.31. The minimum Gasteiger partial charge on any atom is -0.483 e. The summed E-state index contributed by atoms with van der Waals surface area (Å²) in [5.74, 6) is 0.622. The van der Waals surface area contributed by atoms with Gasteiger partial charge in [-0.05, 0) is 62.2 Å². The molecule has 0 spiro atoms. The zero-order valence-corrected chi connectivity index (χ0v) is 19.0. The van der Waals surface area contributed by atoms with Crippen LogP contribution in [0.3, 0.4) is 0 Å². The predicted molar refractivity (Wildman–Crippen MR) is 131 cm³/mol. The number of para-hydroxylation sites is 1. The molecule has 0 fully saturated rings. The number of carbonyl (C=O) groups excluding carboxylic acids is 1. The van der Waals surface area contributed by atoms with E-state index in [4.69, 9.17) is 4.74 Å². The molecule has 0 bridgehead atoms. The molecule has 5 nitrogen and oxygen atoms in total. The van der Waals surface area contributed by atoms with Crippen molar-refractivity contribution in [2.75, 3.05) is 13.2 Å². The third kappa shape index (κ3) is 5.29. The van der Waals surface area contributed by atoms with Crippen LogP contribution in [0.15, 0.2) is 66.9 Å². The number of amides is 1. The number of ether oxygens (including phenoxy) is 1. The number of H-pyrrole nitrogens is 1. The first-order valence-corrected chi connectivity index (χ1v) is 11.1. The Labute approximate surface area is 189 Å². The Kier molecular flexibility index (Phi) is 6.47. The van der Waals surface area contributed by atoms with E-state index in [9.17, 15) is 4.79 Å². The summed E-state index contributed by atoms with van der Waals surface area (Å²) in [6.07, 6.45) is 3.02. The highest BCUT2D eigenvalue weighted by atomic mass is 16.5. The smallest absolute Gasteiger partial charge is 0.258 e. The Bertz CT molecular complexity index is 1220. The molecule has 0 saturated carbocycles. The van der Waals surface area contributed by atoms with E-state index in [1.807, 2.05) is 51.1 Å². The van der Waals surface area contributed by atoms with Gasteiger partial charge in [-0.3, -0.25) is 4.79 Å². The van der Waals surface area contributed by atoms with Gasteiger partial charge in [-0.15, -0.1) is 0 Å². The zero-order chi connectivity index (χ0) is 22.6. The average Bonchev–Trinajstić information content (AvgIpc) is 3.17. The van der Waals surface area contributed by atoms with Crippen LogP contribution >= 0.6 is 0 Å². The Morgan fingerprint density at radius 3 is 2.53 bits per heavy atom. The van der Waals surface area contributed by atoms with Crippen molar-refractivity contribution in [1.29, 1.82) is 0 Å². The molecule has 1 aromatic heterocycles. The molecule has 0 unspecified atom stereocenters. The van der Waals surface area contributed by atoms with Gasteiger partial charge in [0.05, 0.1) is 0 Å². The molecule has 0 radical (unpaired) electrons. The molecule has 32 heavy (non-hydrogen) atoms. The topological polar surface area (TPSA) is 66.2 Å². The monoisotopic (exact) mass is 429 g/mol. The minimum absolute atomic E-state index is 0.00203. The fraction of sp³-hybridized carbons (Fsp3) is 0.296. The fourth-order valence-electron chi connectivity index (χ4n) is 4.01. The van der Waals surface area contributed by atoms with E-state index < -0.39 is 0 Å². The van der Waals surface area contributed by atoms with Crippen molar-refractivity contribution < 1.29 is 9.53 Å². The van der Waals surface area contributed by atoms with Crippen molar-refractivity contribution in [3.63, 3.8) is 0 Å². The van der Waals surface area contributed by atoms with Crippen molar-refractivity contribution in [3.8, 4) is 5.75 Å². The van der Waals surface area contributed by atoms with Crippen LogP contribution in [-0.4, -0.2) is 29.6 Å². The lowest BCUT2D eigenvalue weighted by Gasteiger charge is -2.21. The van der Waals surface area contributed by atoms with Crippen LogP contribution in [0.4, 0.5) is 0 Å². The molecule has 0 aliphatic rings. The highest BCUT2D eigenvalue weighted by Crippen LogP contribution is 2.28. The summed E-state index contributed by atoms with van der Waals surface area (Å²) in [5, 5.41) is 10.1. The Morgan fingerprint density at radius 1 is 0.969 bits per heavy atom. The number of benzene rings is 3. The Balaban J connectivity index is 1.45. The van der Waals surface area contributed by atoms with E-state index in [2.05, 4.69) is 52.1 Å². The van der Waals surface area contributed by atoms with Crippen LogP contribution < -0.4 is 15.4 Å². The van der Waals surface area contributed by atoms with Crippen LogP contribution in [0, 0.1) is 0 Å². The number of aromatic amines is 1. The maximum atomic E-state index is 12.3. The molecule has 1 amide bonds. The number of rotatable bonds is 8. The largest absolute Gasteiger partial charge is 0.483 e. The summed E-state index contributed by atoms with van der Waals surface area (Å²) < 4.78 is 5.96. The first kappa shape index (κ1) is 21.9. The Morgan fingerprint density at radius 2 is 1.72 bits per heavy atom.